The highest BCUT2D eigenvalue weighted by molar-refractivity contribution is 9.11. The van der Waals surface area contributed by atoms with Crippen molar-refractivity contribution < 1.29 is 13.2 Å². The van der Waals surface area contributed by atoms with Gasteiger partial charge >= 0.3 is 0 Å². The first-order valence-corrected chi connectivity index (χ1v) is 9.13. The first-order chi connectivity index (χ1) is 11.6. The lowest BCUT2D eigenvalue weighted by atomic mass is 10.2. The van der Waals surface area contributed by atoms with Crippen LogP contribution in [-0.4, -0.2) is 0 Å². The molecule has 0 saturated carbocycles. The van der Waals surface area contributed by atoms with Crippen molar-refractivity contribution in [3.05, 3.63) is 92.8 Å². The Labute approximate surface area is 164 Å². The smallest absolute Gasteiger partial charge is 0.138 e. The van der Waals surface area contributed by atoms with Crippen LogP contribution in [0.25, 0.3) is 10.8 Å². The van der Waals surface area contributed by atoms with Crippen molar-refractivity contribution in [2.24, 2.45) is 0 Å². The molecule has 0 aliphatic rings. The van der Waals surface area contributed by atoms with Gasteiger partial charge in [0.15, 0.2) is 0 Å². The average molecular weight is 519 g/mol. The largest absolute Gasteiger partial charge is 0.473 e. The first-order valence-electron chi connectivity index (χ1n) is 6.75. The summed E-state index contributed by atoms with van der Waals surface area (Å²) in [5, 5.41) is 2.28. The summed E-state index contributed by atoms with van der Waals surface area (Å²) in [4.78, 5) is 0. The molecule has 0 aliphatic carbocycles. The van der Waals surface area contributed by atoms with Gasteiger partial charge in [-0.15, -0.1) is 0 Å². The van der Waals surface area contributed by atoms with Gasteiger partial charge in [-0.25, -0.2) is 4.39 Å². The zero-order valence-corrected chi connectivity index (χ0v) is 17.0. The topological polar surface area (TPSA) is 26.3 Å². The number of furan rings is 2. The Bertz CT molecular complexity index is 856. The molecule has 0 bridgehead atoms. The van der Waals surface area contributed by atoms with Crippen LogP contribution in [0.1, 0.15) is 0 Å². The van der Waals surface area contributed by atoms with Crippen molar-refractivity contribution in [1.29, 1.82) is 0 Å². The molecule has 2 heterocycles. The van der Waals surface area contributed by atoms with Crippen molar-refractivity contribution in [2.75, 3.05) is 0 Å². The Balaban J connectivity index is 0.000000137. The van der Waals surface area contributed by atoms with Crippen LogP contribution in [-0.2, 0) is 0 Å². The summed E-state index contributed by atoms with van der Waals surface area (Å²) in [6.07, 6.45) is 6.72. The van der Waals surface area contributed by atoms with Gasteiger partial charge in [0.1, 0.15) is 5.82 Å². The van der Waals surface area contributed by atoms with Gasteiger partial charge in [0, 0.05) is 19.7 Å². The van der Waals surface area contributed by atoms with E-state index >= 15 is 0 Å². The number of fused-ring (bicyclic) bond motifs is 1. The predicted molar refractivity (Wildman–Crippen MR) is 104 cm³/mol. The molecule has 4 aromatic rings. The molecule has 6 heteroatoms. The van der Waals surface area contributed by atoms with Gasteiger partial charge < -0.3 is 8.83 Å². The summed E-state index contributed by atoms with van der Waals surface area (Å²) >= 11 is 9.54. The Morgan fingerprint density at radius 2 is 1.33 bits per heavy atom. The lowest BCUT2D eigenvalue weighted by molar-refractivity contribution is 0.567. The maximum atomic E-state index is 12.5. The minimum atomic E-state index is -0.246. The van der Waals surface area contributed by atoms with Crippen molar-refractivity contribution in [1.82, 2.24) is 0 Å². The fourth-order valence-corrected chi connectivity index (χ4v) is 2.59. The van der Waals surface area contributed by atoms with E-state index in [2.05, 4.69) is 52.2 Å². The molecule has 124 valence electrons. The molecular weight excluding hydrogens is 507 g/mol. The standard InChI is InChI=1S/C8H5BrO.C6H3Br2F.C4H4O/c9-8-2-1-6-4-10-5-7(6)3-8;7-4-1-2-5(8)6(9)3-4;1-2-4-5-3-1/h1-5H;1-3H;1-4H. The van der Waals surface area contributed by atoms with Crippen molar-refractivity contribution in [3.63, 3.8) is 0 Å². The maximum Gasteiger partial charge on any atom is 0.138 e. The molecule has 24 heavy (non-hydrogen) atoms. The Kier molecular flexibility index (Phi) is 7.75. The third-order valence-electron chi connectivity index (χ3n) is 2.75. The third kappa shape index (κ3) is 6.26. The fourth-order valence-electron chi connectivity index (χ4n) is 1.63. The molecule has 2 aromatic carbocycles. The van der Waals surface area contributed by atoms with Crippen LogP contribution in [0.15, 0.2) is 95.8 Å². The van der Waals surface area contributed by atoms with Crippen LogP contribution in [0.3, 0.4) is 0 Å². The van der Waals surface area contributed by atoms with Crippen LogP contribution in [0, 0.1) is 5.82 Å². The van der Waals surface area contributed by atoms with E-state index in [1.54, 1.807) is 37.2 Å². The van der Waals surface area contributed by atoms with Crippen LogP contribution in [0.2, 0.25) is 0 Å². The van der Waals surface area contributed by atoms with Gasteiger partial charge in [-0.05, 0) is 58.4 Å². The highest BCUT2D eigenvalue weighted by Gasteiger charge is 1.96. The number of benzene rings is 2. The van der Waals surface area contributed by atoms with Crippen molar-refractivity contribution in [3.8, 4) is 0 Å². The number of rotatable bonds is 0. The Morgan fingerprint density at radius 1 is 0.708 bits per heavy atom. The molecule has 0 amide bonds. The van der Waals surface area contributed by atoms with E-state index in [0.717, 1.165) is 19.7 Å². The normalized spacial score (nSPS) is 9.67. The summed E-state index contributed by atoms with van der Waals surface area (Å²) in [6.45, 7) is 0. The van der Waals surface area contributed by atoms with Gasteiger partial charge in [0.2, 0.25) is 0 Å². The van der Waals surface area contributed by atoms with Crippen molar-refractivity contribution in [2.45, 2.75) is 0 Å². The second-order valence-corrected chi connectivity index (χ2v) is 7.18. The molecule has 4 rings (SSSR count). The van der Waals surface area contributed by atoms with Crippen LogP contribution < -0.4 is 0 Å². The molecule has 0 fully saturated rings. The molecule has 2 aromatic heterocycles. The highest BCUT2D eigenvalue weighted by atomic mass is 79.9. The molecule has 0 radical (unpaired) electrons. The third-order valence-corrected chi connectivity index (χ3v) is 4.38. The van der Waals surface area contributed by atoms with E-state index < -0.39 is 0 Å². The van der Waals surface area contributed by atoms with E-state index in [-0.39, 0.29) is 5.82 Å². The fraction of sp³-hybridized carbons (Fsp3) is 0. The lowest BCUT2D eigenvalue weighted by Gasteiger charge is -1.91. The van der Waals surface area contributed by atoms with Crippen LogP contribution >= 0.6 is 47.8 Å². The van der Waals surface area contributed by atoms with E-state index in [1.807, 2.05) is 30.3 Å². The van der Waals surface area contributed by atoms with Gasteiger partial charge in [-0.2, -0.15) is 0 Å². The molecule has 0 N–H and O–H groups in total. The van der Waals surface area contributed by atoms with Gasteiger partial charge in [0.05, 0.1) is 29.5 Å². The van der Waals surface area contributed by atoms with Crippen LogP contribution in [0.4, 0.5) is 4.39 Å². The van der Waals surface area contributed by atoms with E-state index in [0.29, 0.717) is 4.47 Å². The van der Waals surface area contributed by atoms with Crippen molar-refractivity contribution >= 4 is 58.6 Å². The summed E-state index contributed by atoms with van der Waals surface area (Å²) in [7, 11) is 0. The zero-order valence-electron chi connectivity index (χ0n) is 12.3. The van der Waals surface area contributed by atoms with E-state index in [9.17, 15) is 4.39 Å². The van der Waals surface area contributed by atoms with Gasteiger partial charge in [-0.3, -0.25) is 0 Å². The van der Waals surface area contributed by atoms with Crippen LogP contribution in [0.5, 0.6) is 0 Å². The predicted octanol–water partition coefficient (Wildman–Crippen LogP) is 7.83. The molecule has 2 nitrogen and oxygen atoms in total. The average Bonchev–Trinajstić information content (AvgIpc) is 3.25. The maximum absolute atomic E-state index is 12.5. The van der Waals surface area contributed by atoms with Gasteiger partial charge in [-0.1, -0.05) is 37.9 Å². The highest BCUT2D eigenvalue weighted by Crippen LogP contribution is 2.20. The molecule has 0 aliphatic heterocycles. The molecule has 0 saturated heterocycles. The number of halogens is 4. The molecular formula is C18H12Br3FO2. The lowest BCUT2D eigenvalue weighted by Crippen LogP contribution is -1.74. The molecule has 0 spiro atoms. The number of hydrogen-bond acceptors (Lipinski definition) is 2. The summed E-state index contributed by atoms with van der Waals surface area (Å²) < 4.78 is 24.4. The minimum Gasteiger partial charge on any atom is -0.473 e. The van der Waals surface area contributed by atoms with E-state index in [4.69, 9.17) is 4.42 Å². The minimum absolute atomic E-state index is 0.246. The quantitative estimate of drug-likeness (QED) is 0.222. The Morgan fingerprint density at radius 3 is 1.92 bits per heavy atom. The Hall–Kier alpha value is -1.37. The molecule has 0 unspecified atom stereocenters. The monoisotopic (exact) mass is 516 g/mol. The second kappa shape index (κ2) is 9.81. The first kappa shape index (κ1) is 19.0. The van der Waals surface area contributed by atoms with E-state index in [1.165, 1.54) is 6.07 Å². The molecule has 0 atom stereocenters. The SMILES string of the molecule is Brc1ccc2cocc2c1.Fc1cc(Br)ccc1Br.c1ccoc1. The number of hydrogen-bond donors (Lipinski definition) is 0. The second-order valence-electron chi connectivity index (χ2n) is 4.50. The summed E-state index contributed by atoms with van der Waals surface area (Å²) in [6, 6.07) is 14.5. The zero-order chi connectivity index (χ0) is 17.4. The summed E-state index contributed by atoms with van der Waals surface area (Å²) in [5.41, 5.74) is 0. The van der Waals surface area contributed by atoms with Gasteiger partial charge in [0.25, 0.3) is 0 Å². The summed E-state index contributed by atoms with van der Waals surface area (Å²) in [5.74, 6) is -0.246.